The molecule has 0 fully saturated rings. The summed E-state index contributed by atoms with van der Waals surface area (Å²) in [6.45, 7) is 4.20. The smallest absolute Gasteiger partial charge is 0.260 e. The van der Waals surface area contributed by atoms with E-state index in [0.717, 1.165) is 34.4 Å². The molecule has 0 spiro atoms. The summed E-state index contributed by atoms with van der Waals surface area (Å²) in [5.74, 6) is 0.567. The zero-order valence-electron chi connectivity index (χ0n) is 14.1. The quantitative estimate of drug-likeness (QED) is 0.801. The maximum absolute atomic E-state index is 12.6. The van der Waals surface area contributed by atoms with Crippen molar-refractivity contribution in [1.82, 2.24) is 9.88 Å². The maximum Gasteiger partial charge on any atom is 0.260 e. The van der Waals surface area contributed by atoms with Crippen molar-refractivity contribution in [3.63, 3.8) is 0 Å². The molecule has 24 heavy (non-hydrogen) atoms. The highest BCUT2D eigenvalue weighted by molar-refractivity contribution is 5.94. The molecule has 124 valence electrons. The highest BCUT2D eigenvalue weighted by Gasteiger charge is 2.20. The number of nitrogens with zero attached hydrogens (tertiary/aromatic N) is 1. The van der Waals surface area contributed by atoms with Crippen molar-refractivity contribution in [3.8, 4) is 0 Å². The molecule has 1 N–H and O–H groups in total. The van der Waals surface area contributed by atoms with Crippen molar-refractivity contribution in [2.45, 2.75) is 26.8 Å². The van der Waals surface area contributed by atoms with Crippen LogP contribution in [0.5, 0.6) is 0 Å². The molecule has 3 aromatic rings. The molecule has 0 aliphatic rings. The van der Waals surface area contributed by atoms with Crippen molar-refractivity contribution < 1.29 is 9.21 Å². The summed E-state index contributed by atoms with van der Waals surface area (Å²) in [7, 11) is 1.70. The third kappa shape index (κ3) is 2.85. The molecule has 0 bridgehead atoms. The van der Waals surface area contributed by atoms with Crippen molar-refractivity contribution in [2.24, 2.45) is 0 Å². The van der Waals surface area contributed by atoms with Crippen LogP contribution in [0.1, 0.15) is 34.3 Å². The molecule has 3 rings (SSSR count). The number of amides is 1. The standard InChI is InChI=1S/C19H20N2O3/c1-4-16-15(13-7-5-6-8-17(13)24-16)11-21(3)19(23)14-10-9-12(2)20-18(14)22/h5-10H,4,11H2,1-3H3,(H,20,22). The molecule has 0 saturated carbocycles. The molecule has 0 aliphatic heterocycles. The number of benzene rings is 1. The Balaban J connectivity index is 1.93. The van der Waals surface area contributed by atoms with Gasteiger partial charge in [0.25, 0.3) is 11.5 Å². The third-order valence-electron chi connectivity index (χ3n) is 4.13. The number of carbonyl (C=O) groups excluding carboxylic acids is 1. The lowest BCUT2D eigenvalue weighted by atomic mass is 10.1. The van der Waals surface area contributed by atoms with E-state index < -0.39 is 0 Å². The van der Waals surface area contributed by atoms with Gasteiger partial charge in [0.15, 0.2) is 0 Å². The van der Waals surface area contributed by atoms with E-state index in [1.54, 1.807) is 31.0 Å². The highest BCUT2D eigenvalue weighted by Crippen LogP contribution is 2.27. The zero-order valence-corrected chi connectivity index (χ0v) is 14.1. The van der Waals surface area contributed by atoms with Crippen LogP contribution < -0.4 is 5.56 Å². The lowest BCUT2D eigenvalue weighted by Crippen LogP contribution is -2.31. The summed E-state index contributed by atoms with van der Waals surface area (Å²) in [6.07, 6.45) is 0.747. The van der Waals surface area contributed by atoms with Crippen molar-refractivity contribution >= 4 is 16.9 Å². The van der Waals surface area contributed by atoms with Gasteiger partial charge in [0.05, 0.1) is 0 Å². The summed E-state index contributed by atoms with van der Waals surface area (Å²) >= 11 is 0. The minimum Gasteiger partial charge on any atom is -0.461 e. The van der Waals surface area contributed by atoms with E-state index in [1.165, 1.54) is 0 Å². The number of hydrogen-bond acceptors (Lipinski definition) is 3. The van der Waals surface area contributed by atoms with E-state index in [1.807, 2.05) is 31.2 Å². The fourth-order valence-corrected chi connectivity index (χ4v) is 2.86. The molecule has 5 nitrogen and oxygen atoms in total. The number of aryl methyl sites for hydroxylation is 2. The van der Waals surface area contributed by atoms with Crippen molar-refractivity contribution in [3.05, 3.63) is 69.3 Å². The second-order valence-corrected chi connectivity index (χ2v) is 5.90. The van der Waals surface area contributed by atoms with Gasteiger partial charge in [0, 0.05) is 36.7 Å². The molecule has 1 amide bonds. The lowest BCUT2D eigenvalue weighted by Gasteiger charge is -2.17. The third-order valence-corrected chi connectivity index (χ3v) is 4.13. The number of para-hydroxylation sites is 1. The number of carbonyl (C=O) groups is 1. The Morgan fingerprint density at radius 3 is 2.67 bits per heavy atom. The summed E-state index contributed by atoms with van der Waals surface area (Å²) < 4.78 is 5.87. The molecule has 0 atom stereocenters. The minimum absolute atomic E-state index is 0.147. The van der Waals surface area contributed by atoms with Crippen molar-refractivity contribution in [2.75, 3.05) is 7.05 Å². The number of H-pyrrole nitrogens is 1. The first-order valence-electron chi connectivity index (χ1n) is 7.96. The number of pyridine rings is 1. The van der Waals surface area contributed by atoms with Crippen LogP contribution in [0.4, 0.5) is 0 Å². The van der Waals surface area contributed by atoms with Crippen LogP contribution in [-0.4, -0.2) is 22.8 Å². The van der Waals surface area contributed by atoms with Crippen LogP contribution in [-0.2, 0) is 13.0 Å². The Morgan fingerprint density at radius 2 is 1.96 bits per heavy atom. The number of nitrogens with one attached hydrogen (secondary N) is 1. The van der Waals surface area contributed by atoms with Gasteiger partial charge >= 0.3 is 0 Å². The maximum atomic E-state index is 12.6. The van der Waals surface area contributed by atoms with Crippen LogP contribution in [0.15, 0.2) is 45.6 Å². The van der Waals surface area contributed by atoms with Crippen LogP contribution in [0.25, 0.3) is 11.0 Å². The Morgan fingerprint density at radius 1 is 1.21 bits per heavy atom. The van der Waals surface area contributed by atoms with Gasteiger partial charge in [-0.2, -0.15) is 0 Å². The molecule has 5 heteroatoms. The van der Waals surface area contributed by atoms with Crippen LogP contribution in [0.3, 0.4) is 0 Å². The van der Waals surface area contributed by atoms with Gasteiger partial charge in [-0.15, -0.1) is 0 Å². The van der Waals surface area contributed by atoms with Gasteiger partial charge < -0.3 is 14.3 Å². The lowest BCUT2D eigenvalue weighted by molar-refractivity contribution is 0.0783. The second-order valence-electron chi connectivity index (χ2n) is 5.90. The number of rotatable bonds is 4. The molecule has 0 aliphatic carbocycles. The Hall–Kier alpha value is -2.82. The van der Waals surface area contributed by atoms with Gasteiger partial charge in [-0.3, -0.25) is 9.59 Å². The summed E-state index contributed by atoms with van der Waals surface area (Å²) in [6, 6.07) is 11.1. The van der Waals surface area contributed by atoms with Crippen LogP contribution >= 0.6 is 0 Å². The average molecular weight is 324 g/mol. The van der Waals surface area contributed by atoms with E-state index >= 15 is 0 Å². The average Bonchev–Trinajstić information content (AvgIpc) is 2.92. The minimum atomic E-state index is -0.361. The number of aromatic amines is 1. The second kappa shape index (κ2) is 6.35. The van der Waals surface area contributed by atoms with E-state index in [4.69, 9.17) is 4.42 Å². The van der Waals surface area contributed by atoms with E-state index in [0.29, 0.717) is 6.54 Å². The Bertz CT molecular complexity index is 953. The molecular formula is C19H20N2O3. The molecule has 2 aromatic heterocycles. The van der Waals surface area contributed by atoms with Gasteiger partial charge in [-0.25, -0.2) is 0 Å². The van der Waals surface area contributed by atoms with Crippen LogP contribution in [0.2, 0.25) is 0 Å². The summed E-state index contributed by atoms with van der Waals surface area (Å²) in [5.41, 5.74) is 2.33. The monoisotopic (exact) mass is 324 g/mol. The molecule has 0 saturated heterocycles. The summed E-state index contributed by atoms with van der Waals surface area (Å²) in [5, 5.41) is 1.01. The number of aromatic nitrogens is 1. The summed E-state index contributed by atoms with van der Waals surface area (Å²) in [4.78, 5) is 28.8. The number of hydrogen-bond donors (Lipinski definition) is 1. The van der Waals surface area contributed by atoms with Gasteiger partial charge in [-0.05, 0) is 25.1 Å². The largest absolute Gasteiger partial charge is 0.461 e. The van der Waals surface area contributed by atoms with E-state index in [-0.39, 0.29) is 17.0 Å². The first-order valence-corrected chi connectivity index (χ1v) is 7.96. The highest BCUT2D eigenvalue weighted by atomic mass is 16.3. The van der Waals surface area contributed by atoms with E-state index in [9.17, 15) is 9.59 Å². The topological polar surface area (TPSA) is 66.3 Å². The predicted octanol–water partition coefficient (Wildman–Crippen LogP) is 3.26. The first kappa shape index (κ1) is 16.1. The van der Waals surface area contributed by atoms with Crippen LogP contribution in [0, 0.1) is 6.92 Å². The molecule has 0 unspecified atom stereocenters. The molecule has 0 radical (unpaired) electrons. The Labute approximate surface area is 139 Å². The molecule has 1 aromatic carbocycles. The molecular weight excluding hydrogens is 304 g/mol. The van der Waals surface area contributed by atoms with E-state index in [2.05, 4.69) is 4.98 Å². The molecule has 2 heterocycles. The predicted molar refractivity (Wildman–Crippen MR) is 93.2 cm³/mol. The van der Waals surface area contributed by atoms with Crippen molar-refractivity contribution in [1.29, 1.82) is 0 Å². The zero-order chi connectivity index (χ0) is 17.3. The normalized spacial score (nSPS) is 11.0. The van der Waals surface area contributed by atoms with Gasteiger partial charge in [0.1, 0.15) is 16.9 Å². The SMILES string of the molecule is CCc1oc2ccccc2c1CN(C)C(=O)c1ccc(C)[nH]c1=O. The fourth-order valence-electron chi connectivity index (χ4n) is 2.86. The first-order chi connectivity index (χ1) is 11.5. The fraction of sp³-hybridized carbons (Fsp3) is 0.263. The van der Waals surface area contributed by atoms with Gasteiger partial charge in [0.2, 0.25) is 0 Å². The van der Waals surface area contributed by atoms with Gasteiger partial charge in [-0.1, -0.05) is 25.1 Å². The Kier molecular flexibility index (Phi) is 4.25. The number of furan rings is 1. The number of fused-ring (bicyclic) bond motifs is 1.